The van der Waals surface area contributed by atoms with Crippen LogP contribution in [0.1, 0.15) is 22.5 Å². The van der Waals surface area contributed by atoms with Crippen molar-refractivity contribution in [2.75, 3.05) is 45.9 Å². The summed E-state index contributed by atoms with van der Waals surface area (Å²) in [5, 5.41) is 14.5. The summed E-state index contributed by atoms with van der Waals surface area (Å²) < 4.78 is 7.56. The molecule has 0 aliphatic carbocycles. The molecule has 150 valence electrons. The fourth-order valence-corrected chi connectivity index (χ4v) is 3.75. The average molecular weight is 384 g/mol. The Labute approximate surface area is 165 Å². The highest BCUT2D eigenvalue weighted by Crippen LogP contribution is 2.26. The lowest BCUT2D eigenvalue weighted by Gasteiger charge is -2.26. The van der Waals surface area contributed by atoms with E-state index in [9.17, 15) is 4.79 Å². The minimum absolute atomic E-state index is 0.160. The van der Waals surface area contributed by atoms with Crippen LogP contribution in [0.2, 0.25) is 0 Å². The molecule has 2 aliphatic heterocycles. The van der Waals surface area contributed by atoms with Crippen LogP contribution in [0, 0.1) is 5.92 Å². The number of aromatic nitrogens is 3. The molecule has 1 atom stereocenters. The maximum Gasteiger partial charge on any atom is 0.273 e. The Morgan fingerprint density at radius 3 is 3.00 bits per heavy atom. The molecule has 2 N–H and O–H groups in total. The van der Waals surface area contributed by atoms with E-state index in [1.54, 1.807) is 10.9 Å². The first-order chi connectivity index (χ1) is 13.8. The molecule has 1 aromatic carbocycles. The van der Waals surface area contributed by atoms with Crippen molar-refractivity contribution in [1.82, 2.24) is 30.5 Å². The number of hydrogen-bond acceptors (Lipinski definition) is 6. The van der Waals surface area contributed by atoms with Crippen LogP contribution in [0.4, 0.5) is 0 Å². The maximum atomic E-state index is 12.5. The molecule has 1 fully saturated rings. The van der Waals surface area contributed by atoms with Crippen molar-refractivity contribution in [3.8, 4) is 5.75 Å². The van der Waals surface area contributed by atoms with Crippen LogP contribution >= 0.6 is 0 Å². The number of benzene rings is 1. The number of carbonyl (C=O) groups is 1. The smallest absolute Gasteiger partial charge is 0.273 e. The predicted octanol–water partition coefficient (Wildman–Crippen LogP) is 0.555. The molecular weight excluding hydrogens is 356 g/mol. The molecule has 0 bridgehead atoms. The van der Waals surface area contributed by atoms with E-state index in [1.165, 1.54) is 5.56 Å². The summed E-state index contributed by atoms with van der Waals surface area (Å²) in [4.78, 5) is 14.9. The summed E-state index contributed by atoms with van der Waals surface area (Å²) in [5.74, 6) is 1.16. The number of rotatable bonds is 6. The number of nitrogens with one attached hydrogen (secondary N) is 2. The fourth-order valence-electron chi connectivity index (χ4n) is 3.75. The third-order valence-electron chi connectivity index (χ3n) is 5.44. The number of nitrogens with zero attached hydrogens (tertiary/aromatic N) is 4. The number of hydrogen-bond donors (Lipinski definition) is 2. The zero-order valence-electron chi connectivity index (χ0n) is 16.1. The lowest BCUT2D eigenvalue weighted by atomic mass is 9.97. The number of amides is 1. The minimum Gasteiger partial charge on any atom is -0.493 e. The molecule has 8 nitrogen and oxygen atoms in total. The minimum atomic E-state index is -0.160. The molecule has 3 heterocycles. The Bertz CT molecular complexity index is 787. The second-order valence-corrected chi connectivity index (χ2v) is 7.48. The molecule has 28 heavy (non-hydrogen) atoms. The van der Waals surface area contributed by atoms with Crippen LogP contribution in [0.25, 0.3) is 0 Å². The number of para-hydroxylation sites is 1. The lowest BCUT2D eigenvalue weighted by Crippen LogP contribution is -2.44. The van der Waals surface area contributed by atoms with Crippen molar-refractivity contribution in [2.24, 2.45) is 5.92 Å². The van der Waals surface area contributed by atoms with E-state index in [1.807, 2.05) is 18.2 Å². The van der Waals surface area contributed by atoms with Gasteiger partial charge in [0, 0.05) is 39.3 Å². The first kappa shape index (κ1) is 18.9. The standard InChI is InChI=1S/C20H28N6O2/c27-20(18-15-26(24-23-18)11-10-25-8-6-21-7-9-25)22-14-16-5-12-28-19-4-2-1-3-17(19)13-16/h1-4,15-16,21H,5-14H2,(H,22,27). The lowest BCUT2D eigenvalue weighted by molar-refractivity contribution is 0.0940. The van der Waals surface area contributed by atoms with Crippen LogP contribution in [0.15, 0.2) is 30.5 Å². The second-order valence-electron chi connectivity index (χ2n) is 7.48. The average Bonchev–Trinajstić information content (AvgIpc) is 3.11. The van der Waals surface area contributed by atoms with Crippen molar-refractivity contribution in [3.05, 3.63) is 41.7 Å². The summed E-state index contributed by atoms with van der Waals surface area (Å²) in [6.07, 6.45) is 3.57. The summed E-state index contributed by atoms with van der Waals surface area (Å²) in [6, 6.07) is 8.13. The highest BCUT2D eigenvalue weighted by atomic mass is 16.5. The van der Waals surface area contributed by atoms with E-state index in [2.05, 4.69) is 31.9 Å². The molecule has 1 amide bonds. The van der Waals surface area contributed by atoms with Crippen LogP contribution in [-0.4, -0.2) is 71.7 Å². The Morgan fingerprint density at radius 1 is 1.25 bits per heavy atom. The van der Waals surface area contributed by atoms with Gasteiger partial charge in [0.05, 0.1) is 19.3 Å². The van der Waals surface area contributed by atoms with Crippen LogP contribution in [0.3, 0.4) is 0 Å². The van der Waals surface area contributed by atoms with Gasteiger partial charge in [-0.3, -0.25) is 14.4 Å². The molecule has 1 aromatic heterocycles. The number of ether oxygens (including phenoxy) is 1. The molecule has 1 unspecified atom stereocenters. The Hall–Kier alpha value is -2.45. The zero-order chi connectivity index (χ0) is 19.2. The summed E-state index contributed by atoms with van der Waals surface area (Å²) in [5.41, 5.74) is 1.59. The fraction of sp³-hybridized carbons (Fsp3) is 0.550. The van der Waals surface area contributed by atoms with Crippen molar-refractivity contribution in [2.45, 2.75) is 19.4 Å². The second kappa shape index (κ2) is 9.16. The number of carbonyl (C=O) groups excluding carboxylic acids is 1. The van der Waals surface area contributed by atoms with Crippen LogP contribution in [-0.2, 0) is 13.0 Å². The quantitative estimate of drug-likeness (QED) is 0.757. The van der Waals surface area contributed by atoms with Crippen molar-refractivity contribution < 1.29 is 9.53 Å². The molecular formula is C20H28N6O2. The zero-order valence-corrected chi connectivity index (χ0v) is 16.1. The molecule has 2 aliphatic rings. The third-order valence-corrected chi connectivity index (χ3v) is 5.44. The monoisotopic (exact) mass is 384 g/mol. The summed E-state index contributed by atoms with van der Waals surface area (Å²) in [7, 11) is 0. The van der Waals surface area contributed by atoms with E-state index in [4.69, 9.17) is 4.74 Å². The van der Waals surface area contributed by atoms with Gasteiger partial charge in [0.15, 0.2) is 5.69 Å². The van der Waals surface area contributed by atoms with E-state index in [0.717, 1.165) is 57.9 Å². The van der Waals surface area contributed by atoms with Crippen molar-refractivity contribution >= 4 is 5.91 Å². The van der Waals surface area contributed by atoms with Gasteiger partial charge in [0.2, 0.25) is 0 Å². The van der Waals surface area contributed by atoms with Gasteiger partial charge in [-0.2, -0.15) is 0 Å². The van der Waals surface area contributed by atoms with Gasteiger partial charge in [0.1, 0.15) is 5.75 Å². The van der Waals surface area contributed by atoms with Gasteiger partial charge in [-0.25, -0.2) is 0 Å². The largest absolute Gasteiger partial charge is 0.493 e. The molecule has 4 rings (SSSR count). The Balaban J connectivity index is 1.25. The first-order valence-electron chi connectivity index (χ1n) is 10.1. The van der Waals surface area contributed by atoms with Gasteiger partial charge >= 0.3 is 0 Å². The molecule has 8 heteroatoms. The van der Waals surface area contributed by atoms with Gasteiger partial charge in [-0.1, -0.05) is 23.4 Å². The third kappa shape index (κ3) is 4.88. The first-order valence-corrected chi connectivity index (χ1v) is 10.1. The van der Waals surface area contributed by atoms with Crippen molar-refractivity contribution in [3.63, 3.8) is 0 Å². The summed E-state index contributed by atoms with van der Waals surface area (Å²) in [6.45, 7) is 7.13. The highest BCUT2D eigenvalue weighted by Gasteiger charge is 2.19. The van der Waals surface area contributed by atoms with E-state index < -0.39 is 0 Å². The van der Waals surface area contributed by atoms with E-state index in [0.29, 0.717) is 24.8 Å². The molecule has 2 aromatic rings. The molecule has 0 radical (unpaired) electrons. The van der Waals surface area contributed by atoms with Gasteiger partial charge in [-0.15, -0.1) is 5.10 Å². The molecule has 1 saturated heterocycles. The van der Waals surface area contributed by atoms with Gasteiger partial charge in [0.25, 0.3) is 5.91 Å². The van der Waals surface area contributed by atoms with Crippen LogP contribution < -0.4 is 15.4 Å². The SMILES string of the molecule is O=C(NCC1CCOc2ccccc2C1)c1cn(CCN2CCNCC2)nn1. The van der Waals surface area contributed by atoms with E-state index >= 15 is 0 Å². The number of fused-ring (bicyclic) bond motifs is 1. The molecule has 0 spiro atoms. The maximum absolute atomic E-state index is 12.5. The predicted molar refractivity (Wildman–Crippen MR) is 105 cm³/mol. The van der Waals surface area contributed by atoms with Gasteiger partial charge in [-0.05, 0) is 30.4 Å². The highest BCUT2D eigenvalue weighted by molar-refractivity contribution is 5.91. The summed E-state index contributed by atoms with van der Waals surface area (Å²) >= 11 is 0. The normalized spacial score (nSPS) is 20.1. The van der Waals surface area contributed by atoms with Crippen molar-refractivity contribution in [1.29, 1.82) is 0 Å². The van der Waals surface area contributed by atoms with Gasteiger partial charge < -0.3 is 15.4 Å². The van der Waals surface area contributed by atoms with Crippen LogP contribution in [0.5, 0.6) is 5.75 Å². The van der Waals surface area contributed by atoms with E-state index in [-0.39, 0.29) is 5.91 Å². The molecule has 0 saturated carbocycles. The Kier molecular flexibility index (Phi) is 6.18. The number of piperazine rings is 1. The topological polar surface area (TPSA) is 84.3 Å². The Morgan fingerprint density at radius 2 is 2.11 bits per heavy atom.